The van der Waals surface area contributed by atoms with Gasteiger partial charge in [-0.15, -0.1) is 0 Å². The minimum atomic E-state index is -4.09. The molecule has 13 nitrogen and oxygen atoms in total. The van der Waals surface area contributed by atoms with Crippen LogP contribution in [0.3, 0.4) is 0 Å². The van der Waals surface area contributed by atoms with E-state index in [-0.39, 0.29) is 43.4 Å². The highest BCUT2D eigenvalue weighted by Crippen LogP contribution is 2.23. The van der Waals surface area contributed by atoms with E-state index in [2.05, 4.69) is 15.5 Å². The molecule has 1 saturated heterocycles. The monoisotopic (exact) mass is 692 g/mol. The van der Waals surface area contributed by atoms with E-state index in [0.29, 0.717) is 11.1 Å². The normalized spacial score (nSPS) is 15.8. The number of sulfonamides is 1. The summed E-state index contributed by atoms with van der Waals surface area (Å²) >= 11 is 0. The number of aromatic nitrogens is 1. The van der Waals surface area contributed by atoms with Crippen LogP contribution in [-0.4, -0.2) is 99.7 Å². The molecule has 0 radical (unpaired) electrons. The molecule has 49 heavy (non-hydrogen) atoms. The van der Waals surface area contributed by atoms with Crippen molar-refractivity contribution in [2.24, 2.45) is 17.0 Å². The molecule has 14 heteroatoms. The number of nitrogens with one attached hydrogen (secondary N) is 1. The minimum Gasteiger partial charge on any atom is -0.411 e. The number of imide groups is 1. The van der Waals surface area contributed by atoms with Crippen molar-refractivity contribution in [1.82, 2.24) is 24.4 Å². The number of hydrogen-bond donors (Lipinski definition) is 3. The number of rotatable bonds is 16. The lowest BCUT2D eigenvalue weighted by atomic mass is 9.97. The summed E-state index contributed by atoms with van der Waals surface area (Å²) in [6.45, 7) is 6.78. The van der Waals surface area contributed by atoms with Gasteiger partial charge in [-0.05, 0) is 59.2 Å². The molecule has 1 aliphatic heterocycles. The van der Waals surface area contributed by atoms with E-state index in [1.165, 1.54) is 39.7 Å². The van der Waals surface area contributed by atoms with Crippen molar-refractivity contribution in [2.75, 3.05) is 19.6 Å². The van der Waals surface area contributed by atoms with Crippen LogP contribution in [-0.2, 0) is 32.6 Å². The van der Waals surface area contributed by atoms with Crippen molar-refractivity contribution in [1.29, 1.82) is 0 Å². The van der Waals surface area contributed by atoms with Gasteiger partial charge in [0.15, 0.2) is 0 Å². The number of nitrogens with zero attached hydrogens (tertiary/aromatic N) is 5. The van der Waals surface area contributed by atoms with Crippen molar-refractivity contribution in [3.8, 4) is 0 Å². The van der Waals surface area contributed by atoms with E-state index in [4.69, 9.17) is 5.21 Å². The van der Waals surface area contributed by atoms with Crippen LogP contribution in [0.15, 0.2) is 89.2 Å². The maximum atomic E-state index is 14.0. The van der Waals surface area contributed by atoms with E-state index in [1.807, 2.05) is 44.2 Å². The van der Waals surface area contributed by atoms with Crippen molar-refractivity contribution in [2.45, 2.75) is 63.7 Å². The van der Waals surface area contributed by atoms with Crippen LogP contribution >= 0.6 is 0 Å². The lowest BCUT2D eigenvalue weighted by Crippen LogP contribution is -2.57. The van der Waals surface area contributed by atoms with Crippen LogP contribution in [0.1, 0.15) is 44.4 Å². The zero-order valence-electron chi connectivity index (χ0n) is 28.1. The topological polar surface area (TPSA) is 173 Å². The number of urea groups is 1. The quantitative estimate of drug-likeness (QED) is 0.0889. The molecular weight excluding hydrogens is 648 g/mol. The average molecular weight is 693 g/mol. The molecule has 0 unspecified atom stereocenters. The molecule has 262 valence electrons. The first kappa shape index (κ1) is 37.2. The molecular formula is C35H44N6O7S. The van der Waals surface area contributed by atoms with Crippen molar-refractivity contribution in [3.05, 3.63) is 95.8 Å². The number of carbonyl (C=O) groups is 3. The number of hydrogen-bond acceptors (Lipinski definition) is 9. The average Bonchev–Trinajstić information content (AvgIpc) is 3.33. The molecule has 0 aliphatic carbocycles. The number of amides is 4. The summed E-state index contributed by atoms with van der Waals surface area (Å²) in [7, 11) is -4.09. The Hall–Kier alpha value is -4.66. The van der Waals surface area contributed by atoms with Crippen LogP contribution in [0, 0.1) is 11.8 Å². The maximum absolute atomic E-state index is 14.0. The van der Waals surface area contributed by atoms with Crippen LogP contribution in [0.2, 0.25) is 0 Å². The molecule has 1 aromatic heterocycles. The Balaban J connectivity index is 1.59. The highest BCUT2D eigenvalue weighted by Gasteiger charge is 2.44. The van der Waals surface area contributed by atoms with E-state index < -0.39 is 52.0 Å². The van der Waals surface area contributed by atoms with E-state index in [0.717, 1.165) is 10.5 Å². The Morgan fingerprint density at radius 2 is 1.63 bits per heavy atom. The molecule has 2 heterocycles. The fraction of sp³-hybridized carbons (Fsp3) is 0.400. The van der Waals surface area contributed by atoms with Crippen molar-refractivity contribution < 1.29 is 33.1 Å². The third-order valence-electron chi connectivity index (χ3n) is 8.18. The van der Waals surface area contributed by atoms with E-state index in [9.17, 15) is 27.9 Å². The lowest BCUT2D eigenvalue weighted by molar-refractivity contribution is -0.129. The molecule has 3 aromatic rings. The van der Waals surface area contributed by atoms with Gasteiger partial charge in [0.2, 0.25) is 15.9 Å². The molecule has 0 spiro atoms. The number of aliphatic hydroxyl groups excluding tert-OH is 1. The molecule has 4 amide bonds. The molecule has 1 fully saturated rings. The Morgan fingerprint density at radius 1 is 0.980 bits per heavy atom. The molecule has 3 N–H and O–H groups in total. The SMILES string of the molecule is CC(C)CN(C[C@@H](O)[C@H](Cc1ccccc1)NC(=O)[C@H](C(C)C)N1CC(=O)N(Cc2ccncc2)C1=O)S(=O)(=O)c1ccc(/C=N/O)cc1. The molecule has 4 rings (SSSR count). The van der Waals surface area contributed by atoms with E-state index in [1.54, 1.807) is 38.4 Å². The Kier molecular flexibility index (Phi) is 12.6. The Bertz CT molecular complexity index is 1700. The van der Waals surface area contributed by atoms with E-state index >= 15 is 0 Å². The zero-order valence-corrected chi connectivity index (χ0v) is 28.9. The Morgan fingerprint density at radius 3 is 2.22 bits per heavy atom. The fourth-order valence-corrected chi connectivity index (χ4v) is 7.40. The summed E-state index contributed by atoms with van der Waals surface area (Å²) in [5, 5.41) is 26.4. The first-order valence-corrected chi connectivity index (χ1v) is 17.6. The van der Waals surface area contributed by atoms with Gasteiger partial charge >= 0.3 is 6.03 Å². The maximum Gasteiger partial charge on any atom is 0.328 e. The molecule has 0 saturated carbocycles. The van der Waals surface area contributed by atoms with Crippen LogP contribution in [0.25, 0.3) is 0 Å². The first-order chi connectivity index (χ1) is 23.3. The highest BCUT2D eigenvalue weighted by atomic mass is 32.2. The van der Waals surface area contributed by atoms with Gasteiger partial charge in [0, 0.05) is 25.5 Å². The van der Waals surface area contributed by atoms with Crippen LogP contribution in [0.5, 0.6) is 0 Å². The van der Waals surface area contributed by atoms with Gasteiger partial charge in [0.05, 0.1) is 29.8 Å². The minimum absolute atomic E-state index is 0.00695. The first-order valence-electron chi connectivity index (χ1n) is 16.1. The number of carbonyl (C=O) groups excluding carboxylic acids is 3. The second-order valence-electron chi connectivity index (χ2n) is 12.8. The number of oxime groups is 1. The predicted molar refractivity (Wildman–Crippen MR) is 183 cm³/mol. The summed E-state index contributed by atoms with van der Waals surface area (Å²) in [5.41, 5.74) is 2.01. The summed E-state index contributed by atoms with van der Waals surface area (Å²) in [6.07, 6.45) is 3.13. The summed E-state index contributed by atoms with van der Waals surface area (Å²) in [5.74, 6) is -1.50. The predicted octanol–water partition coefficient (Wildman–Crippen LogP) is 3.11. The zero-order chi connectivity index (χ0) is 35.7. The van der Waals surface area contributed by atoms with Crippen molar-refractivity contribution >= 4 is 34.1 Å². The van der Waals surface area contributed by atoms with Gasteiger partial charge in [-0.25, -0.2) is 13.2 Å². The van der Waals surface area contributed by atoms with Gasteiger partial charge in [-0.3, -0.25) is 19.5 Å². The third kappa shape index (κ3) is 9.49. The van der Waals surface area contributed by atoms with Gasteiger partial charge in [-0.1, -0.05) is 75.3 Å². The lowest BCUT2D eigenvalue weighted by Gasteiger charge is -2.34. The molecule has 0 bridgehead atoms. The third-order valence-corrected chi connectivity index (χ3v) is 10.0. The standard InChI is InChI=1S/C35H44N6O7S/c1-24(2)20-39(49(47,48)29-12-10-27(11-13-29)19-37-46)22-31(42)30(18-26-8-6-5-7-9-26)38-34(44)33(25(3)4)41-23-32(43)40(35(41)45)21-28-14-16-36-17-15-28/h5-17,19,24-25,30-31,33,42,46H,18,20-23H2,1-4H3,(H,38,44)/b37-19+/t30-,31+,33-/m0/s1. The fourth-order valence-electron chi connectivity index (χ4n) is 5.78. The van der Waals surface area contributed by atoms with Gasteiger partial charge < -0.3 is 20.5 Å². The summed E-state index contributed by atoms with van der Waals surface area (Å²) in [4.78, 5) is 46.9. The highest BCUT2D eigenvalue weighted by molar-refractivity contribution is 7.89. The Labute approximate surface area is 287 Å². The van der Waals surface area contributed by atoms with Crippen molar-refractivity contribution in [3.63, 3.8) is 0 Å². The van der Waals surface area contributed by atoms with Gasteiger partial charge in [0.1, 0.15) is 12.6 Å². The van der Waals surface area contributed by atoms with Gasteiger partial charge in [-0.2, -0.15) is 4.31 Å². The number of benzene rings is 2. The van der Waals surface area contributed by atoms with Crippen LogP contribution in [0.4, 0.5) is 4.79 Å². The second-order valence-corrected chi connectivity index (χ2v) is 14.8. The number of aliphatic hydroxyl groups is 1. The van der Waals surface area contributed by atoms with Crippen LogP contribution < -0.4 is 5.32 Å². The molecule has 1 aliphatic rings. The molecule has 2 aromatic carbocycles. The second kappa shape index (κ2) is 16.6. The smallest absolute Gasteiger partial charge is 0.328 e. The molecule has 3 atom stereocenters. The number of pyridine rings is 1. The van der Waals surface area contributed by atoms with Gasteiger partial charge in [0.25, 0.3) is 5.91 Å². The largest absolute Gasteiger partial charge is 0.411 e. The summed E-state index contributed by atoms with van der Waals surface area (Å²) in [6, 6.07) is 15.8. The summed E-state index contributed by atoms with van der Waals surface area (Å²) < 4.78 is 28.9.